The summed E-state index contributed by atoms with van der Waals surface area (Å²) in [7, 11) is 1.81. The maximum absolute atomic E-state index is 5.74. The van der Waals surface area contributed by atoms with Crippen molar-refractivity contribution in [1.82, 2.24) is 14.8 Å². The Labute approximate surface area is 109 Å². The minimum Gasteiger partial charge on any atom is -0.485 e. The predicted octanol–water partition coefficient (Wildman–Crippen LogP) is 0.582. The van der Waals surface area contributed by atoms with Gasteiger partial charge in [-0.3, -0.25) is 4.68 Å². The monoisotopic (exact) mass is 262 g/mol. The van der Waals surface area contributed by atoms with E-state index in [2.05, 4.69) is 10.1 Å². The van der Waals surface area contributed by atoms with Gasteiger partial charge in [-0.15, -0.1) is 0 Å². The third-order valence-corrected chi connectivity index (χ3v) is 2.94. The molecule has 19 heavy (non-hydrogen) atoms. The van der Waals surface area contributed by atoms with Gasteiger partial charge in [0.05, 0.1) is 0 Å². The number of hydrogen-bond acceptors (Lipinski definition) is 6. The molecule has 0 bridgehead atoms. The largest absolute Gasteiger partial charge is 0.485 e. The van der Waals surface area contributed by atoms with Crippen LogP contribution in [0.4, 0.5) is 0 Å². The molecule has 1 aliphatic heterocycles. The molecule has 2 aromatic rings. The Morgan fingerprint density at radius 3 is 2.84 bits per heavy atom. The first kappa shape index (κ1) is 11.8. The molecule has 2 heterocycles. The molecule has 0 saturated heterocycles. The molecule has 100 valence electrons. The van der Waals surface area contributed by atoms with E-state index in [9.17, 15) is 0 Å². The van der Waals surface area contributed by atoms with Gasteiger partial charge in [-0.1, -0.05) is 0 Å². The Morgan fingerprint density at radius 2 is 2.16 bits per heavy atom. The van der Waals surface area contributed by atoms with Crippen LogP contribution in [0.25, 0.3) is 0 Å². The van der Waals surface area contributed by atoms with Gasteiger partial charge in [0.1, 0.15) is 18.7 Å². The third-order valence-electron chi connectivity index (χ3n) is 2.94. The van der Waals surface area contributed by atoms with E-state index in [1.165, 1.54) is 6.33 Å². The zero-order valence-electron chi connectivity index (χ0n) is 10.5. The summed E-state index contributed by atoms with van der Waals surface area (Å²) in [5, 5.41) is 3.99. The van der Waals surface area contributed by atoms with Crippen molar-refractivity contribution in [1.29, 1.82) is 0 Å². The lowest BCUT2D eigenvalue weighted by Crippen LogP contribution is -2.07. The lowest BCUT2D eigenvalue weighted by atomic mass is 10.2. The molecule has 0 unspecified atom stereocenters. The number of aromatic nitrogens is 3. The van der Waals surface area contributed by atoms with Crippen molar-refractivity contribution in [3.8, 4) is 17.2 Å². The number of ether oxygens (including phenoxy) is 3. The molecule has 1 aromatic carbocycles. The van der Waals surface area contributed by atoms with Gasteiger partial charge in [0.2, 0.25) is 6.79 Å². The summed E-state index contributed by atoms with van der Waals surface area (Å²) < 4.78 is 18.0. The molecule has 1 aliphatic rings. The van der Waals surface area contributed by atoms with Crippen molar-refractivity contribution in [2.45, 2.75) is 13.2 Å². The second kappa shape index (κ2) is 4.77. The standard InChI is InChI=1S/C12H14N4O3/c1-16-12(14-6-15-16)5-17-9-3-11-10(18-7-19-11)2-8(9)4-13/h2-3,6H,4-5,7,13H2,1H3. The van der Waals surface area contributed by atoms with Crippen LogP contribution < -0.4 is 19.9 Å². The highest BCUT2D eigenvalue weighted by atomic mass is 16.7. The van der Waals surface area contributed by atoms with Crippen LogP contribution in [-0.2, 0) is 20.2 Å². The van der Waals surface area contributed by atoms with Crippen LogP contribution in [0, 0.1) is 0 Å². The molecular formula is C12H14N4O3. The Kier molecular flexibility index (Phi) is 2.96. The SMILES string of the molecule is Cn1ncnc1COc1cc2c(cc1CN)OCO2. The maximum Gasteiger partial charge on any atom is 0.231 e. The Balaban J connectivity index is 1.82. The summed E-state index contributed by atoms with van der Waals surface area (Å²) in [6, 6.07) is 3.63. The Hall–Kier alpha value is -2.28. The summed E-state index contributed by atoms with van der Waals surface area (Å²) in [5.41, 5.74) is 6.58. The molecule has 7 nitrogen and oxygen atoms in total. The smallest absolute Gasteiger partial charge is 0.231 e. The number of nitrogens with two attached hydrogens (primary N) is 1. The fourth-order valence-electron chi connectivity index (χ4n) is 1.85. The number of fused-ring (bicyclic) bond motifs is 1. The van der Waals surface area contributed by atoms with E-state index in [1.807, 2.05) is 13.1 Å². The molecule has 7 heteroatoms. The van der Waals surface area contributed by atoms with Gasteiger partial charge in [-0.05, 0) is 6.07 Å². The van der Waals surface area contributed by atoms with Crippen molar-refractivity contribution in [3.63, 3.8) is 0 Å². The number of aryl methyl sites for hydroxylation is 1. The van der Waals surface area contributed by atoms with Crippen LogP contribution >= 0.6 is 0 Å². The zero-order valence-corrected chi connectivity index (χ0v) is 10.5. The van der Waals surface area contributed by atoms with E-state index in [4.69, 9.17) is 19.9 Å². The zero-order chi connectivity index (χ0) is 13.2. The van der Waals surface area contributed by atoms with Gasteiger partial charge in [-0.25, -0.2) is 4.98 Å². The Bertz CT molecular complexity index is 597. The van der Waals surface area contributed by atoms with Gasteiger partial charge in [0.25, 0.3) is 0 Å². The highest BCUT2D eigenvalue weighted by molar-refractivity contribution is 5.51. The number of rotatable bonds is 4. The van der Waals surface area contributed by atoms with Crippen LogP contribution in [0.1, 0.15) is 11.4 Å². The Morgan fingerprint density at radius 1 is 1.37 bits per heavy atom. The topological polar surface area (TPSA) is 84.4 Å². The van der Waals surface area contributed by atoms with Crippen LogP contribution in [0.15, 0.2) is 18.5 Å². The van der Waals surface area contributed by atoms with E-state index >= 15 is 0 Å². The van der Waals surface area contributed by atoms with Crippen molar-refractivity contribution in [2.75, 3.05) is 6.79 Å². The van der Waals surface area contributed by atoms with Crippen LogP contribution in [0.5, 0.6) is 17.2 Å². The fourth-order valence-corrected chi connectivity index (χ4v) is 1.85. The maximum atomic E-state index is 5.74. The molecule has 0 fully saturated rings. The fraction of sp³-hybridized carbons (Fsp3) is 0.333. The van der Waals surface area contributed by atoms with Crippen molar-refractivity contribution in [3.05, 3.63) is 29.8 Å². The normalized spacial score (nSPS) is 12.7. The van der Waals surface area contributed by atoms with Gasteiger partial charge in [-0.2, -0.15) is 5.10 Å². The molecule has 0 aliphatic carbocycles. The summed E-state index contributed by atoms with van der Waals surface area (Å²) in [6.07, 6.45) is 1.49. The second-order valence-corrected chi connectivity index (χ2v) is 4.11. The van der Waals surface area contributed by atoms with Crippen molar-refractivity contribution in [2.24, 2.45) is 12.8 Å². The summed E-state index contributed by atoms with van der Waals surface area (Å²) in [6.45, 7) is 0.917. The molecule has 0 radical (unpaired) electrons. The average molecular weight is 262 g/mol. The molecular weight excluding hydrogens is 248 g/mol. The summed E-state index contributed by atoms with van der Waals surface area (Å²) >= 11 is 0. The first-order valence-electron chi connectivity index (χ1n) is 5.86. The van der Waals surface area contributed by atoms with Crippen LogP contribution in [-0.4, -0.2) is 21.6 Å². The quantitative estimate of drug-likeness (QED) is 0.867. The minimum atomic E-state index is 0.228. The number of nitrogens with zero attached hydrogens (tertiary/aromatic N) is 3. The van der Waals surface area contributed by atoms with Gasteiger partial charge < -0.3 is 19.9 Å². The van der Waals surface area contributed by atoms with E-state index in [-0.39, 0.29) is 6.79 Å². The average Bonchev–Trinajstić information content (AvgIpc) is 3.03. The van der Waals surface area contributed by atoms with E-state index in [1.54, 1.807) is 10.7 Å². The van der Waals surface area contributed by atoms with Gasteiger partial charge in [0, 0.05) is 25.2 Å². The number of benzene rings is 1. The molecule has 3 rings (SSSR count). The number of hydrogen-bond donors (Lipinski definition) is 1. The molecule has 0 amide bonds. The van der Waals surface area contributed by atoms with E-state index in [0.29, 0.717) is 30.4 Å². The van der Waals surface area contributed by atoms with Crippen molar-refractivity contribution >= 4 is 0 Å². The lowest BCUT2D eigenvalue weighted by molar-refractivity contribution is 0.173. The first-order valence-corrected chi connectivity index (χ1v) is 5.86. The van der Waals surface area contributed by atoms with Gasteiger partial charge in [0.15, 0.2) is 17.3 Å². The lowest BCUT2D eigenvalue weighted by Gasteiger charge is -2.11. The second-order valence-electron chi connectivity index (χ2n) is 4.11. The van der Waals surface area contributed by atoms with Crippen LogP contribution in [0.3, 0.4) is 0 Å². The minimum absolute atomic E-state index is 0.228. The van der Waals surface area contributed by atoms with Gasteiger partial charge >= 0.3 is 0 Å². The summed E-state index contributed by atoms with van der Waals surface area (Å²) in [5.74, 6) is 2.78. The highest BCUT2D eigenvalue weighted by Crippen LogP contribution is 2.38. The molecule has 0 spiro atoms. The van der Waals surface area contributed by atoms with Crippen molar-refractivity contribution < 1.29 is 14.2 Å². The summed E-state index contributed by atoms with van der Waals surface area (Å²) in [4.78, 5) is 4.10. The van der Waals surface area contributed by atoms with E-state index in [0.717, 1.165) is 11.4 Å². The molecule has 0 atom stereocenters. The molecule has 0 saturated carbocycles. The first-order chi connectivity index (χ1) is 9.28. The van der Waals surface area contributed by atoms with Crippen LogP contribution in [0.2, 0.25) is 0 Å². The van der Waals surface area contributed by atoms with E-state index < -0.39 is 0 Å². The third kappa shape index (κ3) is 2.19. The predicted molar refractivity (Wildman–Crippen MR) is 65.8 cm³/mol. The highest BCUT2D eigenvalue weighted by Gasteiger charge is 2.17. The molecule has 2 N–H and O–H groups in total. The molecule has 1 aromatic heterocycles.